The second-order valence-electron chi connectivity index (χ2n) is 5.04. The highest BCUT2D eigenvalue weighted by atomic mass is 16.4. The van der Waals surface area contributed by atoms with E-state index < -0.39 is 0 Å². The molecule has 1 N–H and O–H groups in total. The van der Waals surface area contributed by atoms with Crippen LogP contribution in [-0.2, 0) is 6.54 Å². The first-order valence-corrected chi connectivity index (χ1v) is 7.11. The van der Waals surface area contributed by atoms with Gasteiger partial charge < -0.3 is 14.6 Å². The molecule has 0 spiro atoms. The Morgan fingerprint density at radius 2 is 2.22 bits per heavy atom. The molecule has 102 valence electrons. The number of nitrogens with one attached hydrogen (secondary N) is 1. The van der Waals surface area contributed by atoms with Gasteiger partial charge in [-0.3, -0.25) is 0 Å². The maximum absolute atomic E-state index is 5.68. The summed E-state index contributed by atoms with van der Waals surface area (Å²) in [5.41, 5.74) is 0. The molecular formula is C13H24N4O. The van der Waals surface area contributed by atoms with Crippen molar-refractivity contribution in [2.45, 2.75) is 46.1 Å². The summed E-state index contributed by atoms with van der Waals surface area (Å²) in [6.45, 7) is 8.16. The van der Waals surface area contributed by atoms with Crippen molar-refractivity contribution in [2.75, 3.05) is 24.5 Å². The van der Waals surface area contributed by atoms with Crippen LogP contribution >= 0.6 is 0 Å². The lowest BCUT2D eigenvalue weighted by molar-refractivity contribution is 0.462. The topological polar surface area (TPSA) is 54.2 Å². The fraction of sp³-hybridized carbons (Fsp3) is 0.846. The molecule has 18 heavy (non-hydrogen) atoms. The molecule has 1 saturated heterocycles. The first-order chi connectivity index (χ1) is 8.83. The van der Waals surface area contributed by atoms with Gasteiger partial charge in [-0.1, -0.05) is 25.4 Å². The van der Waals surface area contributed by atoms with Gasteiger partial charge >= 0.3 is 6.01 Å². The standard InChI is InChI=1S/C13H24N4O/c1-3-5-11-6-8-17(10-11)13-16-15-12(18-13)9-14-7-4-2/h11,14H,3-10H2,1-2H3. The predicted molar refractivity (Wildman–Crippen MR) is 71.5 cm³/mol. The van der Waals surface area contributed by atoms with Crippen LogP contribution in [0.3, 0.4) is 0 Å². The molecule has 0 amide bonds. The van der Waals surface area contributed by atoms with Gasteiger partial charge in [0.25, 0.3) is 0 Å². The van der Waals surface area contributed by atoms with E-state index in [4.69, 9.17) is 4.42 Å². The summed E-state index contributed by atoms with van der Waals surface area (Å²) in [6.07, 6.45) is 4.93. The second-order valence-corrected chi connectivity index (χ2v) is 5.04. The maximum atomic E-state index is 5.68. The Hall–Kier alpha value is -1.10. The minimum Gasteiger partial charge on any atom is -0.407 e. The average molecular weight is 252 g/mol. The average Bonchev–Trinajstić information content (AvgIpc) is 2.98. The molecule has 2 heterocycles. The third-order valence-corrected chi connectivity index (χ3v) is 3.41. The van der Waals surface area contributed by atoms with E-state index in [1.807, 2.05) is 0 Å². The normalized spacial score (nSPS) is 19.7. The zero-order chi connectivity index (χ0) is 12.8. The van der Waals surface area contributed by atoms with Gasteiger partial charge in [-0.15, -0.1) is 5.10 Å². The number of nitrogens with zero attached hydrogens (tertiary/aromatic N) is 3. The van der Waals surface area contributed by atoms with Crippen LogP contribution in [-0.4, -0.2) is 29.8 Å². The van der Waals surface area contributed by atoms with Gasteiger partial charge in [-0.2, -0.15) is 0 Å². The predicted octanol–water partition coefficient (Wildman–Crippen LogP) is 2.20. The molecule has 0 bridgehead atoms. The van der Waals surface area contributed by atoms with Crippen LogP contribution < -0.4 is 10.2 Å². The Labute approximate surface area is 109 Å². The first kappa shape index (κ1) is 13.3. The molecule has 5 heteroatoms. The summed E-state index contributed by atoms with van der Waals surface area (Å²) in [5, 5.41) is 11.5. The molecule has 2 rings (SSSR count). The summed E-state index contributed by atoms with van der Waals surface area (Å²) in [4.78, 5) is 2.22. The van der Waals surface area contributed by atoms with E-state index in [1.54, 1.807) is 0 Å². The van der Waals surface area contributed by atoms with Gasteiger partial charge in [-0.05, 0) is 31.7 Å². The van der Waals surface area contributed by atoms with E-state index in [0.717, 1.165) is 32.0 Å². The van der Waals surface area contributed by atoms with Crippen molar-refractivity contribution in [1.82, 2.24) is 15.5 Å². The molecule has 1 aromatic heterocycles. The van der Waals surface area contributed by atoms with Crippen LogP contribution in [0.4, 0.5) is 6.01 Å². The van der Waals surface area contributed by atoms with Crippen LogP contribution in [0.1, 0.15) is 45.4 Å². The molecule has 1 atom stereocenters. The van der Waals surface area contributed by atoms with Crippen molar-refractivity contribution in [3.63, 3.8) is 0 Å². The Balaban J connectivity index is 1.83. The van der Waals surface area contributed by atoms with Gasteiger partial charge in [0.15, 0.2) is 0 Å². The quantitative estimate of drug-likeness (QED) is 0.754. The Kier molecular flexibility index (Phi) is 4.99. The highest BCUT2D eigenvalue weighted by molar-refractivity contribution is 5.26. The Morgan fingerprint density at radius 1 is 1.33 bits per heavy atom. The summed E-state index contributed by atoms with van der Waals surface area (Å²) >= 11 is 0. The third kappa shape index (κ3) is 3.45. The van der Waals surface area contributed by atoms with Gasteiger partial charge in [-0.25, -0.2) is 0 Å². The summed E-state index contributed by atoms with van der Waals surface area (Å²) in [6, 6.07) is 0.696. The molecular weight excluding hydrogens is 228 g/mol. The van der Waals surface area contributed by atoms with Gasteiger partial charge in [0.1, 0.15) is 0 Å². The maximum Gasteiger partial charge on any atom is 0.318 e. The fourth-order valence-corrected chi connectivity index (χ4v) is 2.47. The zero-order valence-electron chi connectivity index (χ0n) is 11.5. The van der Waals surface area contributed by atoms with Crippen LogP contribution in [0.25, 0.3) is 0 Å². The summed E-state index contributed by atoms with van der Waals surface area (Å²) < 4.78 is 5.68. The number of hydrogen-bond acceptors (Lipinski definition) is 5. The van der Waals surface area contributed by atoms with Crippen molar-refractivity contribution < 1.29 is 4.42 Å². The lowest BCUT2D eigenvalue weighted by atomic mass is 10.0. The van der Waals surface area contributed by atoms with E-state index in [9.17, 15) is 0 Å². The van der Waals surface area contributed by atoms with E-state index in [0.29, 0.717) is 18.5 Å². The Bertz CT molecular complexity index is 353. The molecule has 1 aliphatic heterocycles. The van der Waals surface area contributed by atoms with E-state index >= 15 is 0 Å². The number of aromatic nitrogens is 2. The number of hydrogen-bond donors (Lipinski definition) is 1. The minimum absolute atomic E-state index is 0.674. The molecule has 0 aliphatic carbocycles. The molecule has 1 aromatic rings. The van der Waals surface area contributed by atoms with Gasteiger partial charge in [0.05, 0.1) is 6.54 Å². The van der Waals surface area contributed by atoms with Crippen molar-refractivity contribution >= 4 is 6.01 Å². The minimum atomic E-state index is 0.674. The smallest absolute Gasteiger partial charge is 0.318 e. The molecule has 0 aromatic carbocycles. The van der Waals surface area contributed by atoms with Crippen molar-refractivity contribution in [2.24, 2.45) is 5.92 Å². The highest BCUT2D eigenvalue weighted by Crippen LogP contribution is 2.25. The summed E-state index contributed by atoms with van der Waals surface area (Å²) in [7, 11) is 0. The monoisotopic (exact) mass is 252 g/mol. The second kappa shape index (κ2) is 6.73. The van der Waals surface area contributed by atoms with Crippen LogP contribution in [0.15, 0.2) is 4.42 Å². The first-order valence-electron chi connectivity index (χ1n) is 7.11. The van der Waals surface area contributed by atoms with Crippen LogP contribution in [0.2, 0.25) is 0 Å². The van der Waals surface area contributed by atoms with Gasteiger partial charge in [0.2, 0.25) is 5.89 Å². The highest BCUT2D eigenvalue weighted by Gasteiger charge is 2.25. The third-order valence-electron chi connectivity index (χ3n) is 3.41. The lowest BCUT2D eigenvalue weighted by Crippen LogP contribution is -2.19. The lowest BCUT2D eigenvalue weighted by Gasteiger charge is -2.12. The van der Waals surface area contributed by atoms with E-state index in [1.165, 1.54) is 19.3 Å². The number of rotatable bonds is 7. The molecule has 5 nitrogen and oxygen atoms in total. The van der Waals surface area contributed by atoms with Crippen molar-refractivity contribution in [3.8, 4) is 0 Å². The SMILES string of the molecule is CCCNCc1nnc(N2CCC(CCC)C2)o1. The van der Waals surface area contributed by atoms with E-state index in [2.05, 4.69) is 34.3 Å². The van der Waals surface area contributed by atoms with Crippen LogP contribution in [0.5, 0.6) is 0 Å². The Morgan fingerprint density at radius 3 is 3.00 bits per heavy atom. The largest absolute Gasteiger partial charge is 0.407 e. The van der Waals surface area contributed by atoms with Gasteiger partial charge in [0, 0.05) is 13.1 Å². The summed E-state index contributed by atoms with van der Waals surface area (Å²) in [5.74, 6) is 1.49. The molecule has 1 fully saturated rings. The van der Waals surface area contributed by atoms with Crippen molar-refractivity contribution in [1.29, 1.82) is 0 Å². The molecule has 0 saturated carbocycles. The van der Waals surface area contributed by atoms with E-state index in [-0.39, 0.29) is 0 Å². The van der Waals surface area contributed by atoms with Crippen LogP contribution in [0, 0.1) is 5.92 Å². The number of anilines is 1. The molecule has 1 unspecified atom stereocenters. The zero-order valence-corrected chi connectivity index (χ0v) is 11.5. The van der Waals surface area contributed by atoms with Crippen molar-refractivity contribution in [3.05, 3.63) is 5.89 Å². The molecule has 1 aliphatic rings. The fourth-order valence-electron chi connectivity index (χ4n) is 2.47. The molecule has 0 radical (unpaired) electrons.